The predicted octanol–water partition coefficient (Wildman–Crippen LogP) is 3.79. The van der Waals surface area contributed by atoms with E-state index in [2.05, 4.69) is 10.3 Å². The fourth-order valence-electron chi connectivity index (χ4n) is 2.23. The van der Waals surface area contributed by atoms with E-state index in [9.17, 15) is 4.79 Å². The first kappa shape index (κ1) is 14.6. The van der Waals surface area contributed by atoms with Crippen molar-refractivity contribution in [1.29, 1.82) is 0 Å². The van der Waals surface area contributed by atoms with E-state index in [-0.39, 0.29) is 12.1 Å². The number of nitrogens with one attached hydrogen (secondary N) is 1. The Morgan fingerprint density at radius 1 is 1.45 bits per heavy atom. The first-order chi connectivity index (χ1) is 10.6. The van der Waals surface area contributed by atoms with Crippen LogP contribution in [-0.2, 0) is 6.54 Å². The van der Waals surface area contributed by atoms with Crippen molar-refractivity contribution in [3.8, 4) is 0 Å². The average Bonchev–Trinajstić information content (AvgIpc) is 3.15. The number of furan rings is 1. The Hall–Kier alpha value is -2.34. The molecule has 1 N–H and O–H groups in total. The van der Waals surface area contributed by atoms with E-state index < -0.39 is 0 Å². The van der Waals surface area contributed by atoms with Gasteiger partial charge in [-0.1, -0.05) is 18.2 Å². The normalized spacial score (nSPS) is 12.3. The number of carbonyl (C=O) groups is 1. The van der Waals surface area contributed by atoms with E-state index in [1.54, 1.807) is 18.1 Å². The molecule has 6 heteroatoms. The molecule has 0 spiro atoms. The zero-order chi connectivity index (χ0) is 15.5. The van der Waals surface area contributed by atoms with Crippen LogP contribution < -0.4 is 5.32 Å². The van der Waals surface area contributed by atoms with Crippen LogP contribution in [0.2, 0.25) is 0 Å². The number of hydrogen-bond acceptors (Lipinski definition) is 4. The van der Waals surface area contributed by atoms with Crippen LogP contribution in [0.15, 0.2) is 46.3 Å². The second-order valence-corrected chi connectivity index (χ2v) is 6.07. The van der Waals surface area contributed by atoms with Crippen molar-refractivity contribution in [1.82, 2.24) is 15.2 Å². The van der Waals surface area contributed by atoms with Gasteiger partial charge in [-0.05, 0) is 19.1 Å². The lowest BCUT2D eigenvalue weighted by molar-refractivity contribution is 0.200. The lowest BCUT2D eigenvalue weighted by Crippen LogP contribution is -2.38. The summed E-state index contributed by atoms with van der Waals surface area (Å²) in [6.45, 7) is 2.34. The minimum absolute atomic E-state index is 0.106. The molecule has 5 nitrogen and oxygen atoms in total. The smallest absolute Gasteiger partial charge is 0.318 e. The number of hydrogen-bond donors (Lipinski definition) is 1. The lowest BCUT2D eigenvalue weighted by atomic mass is 10.2. The summed E-state index contributed by atoms with van der Waals surface area (Å²) < 4.78 is 5.73. The molecule has 0 unspecified atom stereocenters. The Balaban J connectivity index is 1.63. The van der Waals surface area contributed by atoms with Crippen molar-refractivity contribution in [2.24, 2.45) is 0 Å². The molecule has 2 heterocycles. The third-order valence-electron chi connectivity index (χ3n) is 3.38. The van der Waals surface area contributed by atoms with Gasteiger partial charge in [-0.3, -0.25) is 0 Å². The number of amides is 2. The van der Waals surface area contributed by atoms with Gasteiger partial charge in [0.25, 0.3) is 0 Å². The van der Waals surface area contributed by atoms with Gasteiger partial charge in [-0.2, -0.15) is 0 Å². The van der Waals surface area contributed by atoms with Crippen molar-refractivity contribution in [2.45, 2.75) is 19.5 Å². The van der Waals surface area contributed by atoms with Crippen molar-refractivity contribution in [2.75, 3.05) is 7.05 Å². The van der Waals surface area contributed by atoms with Crippen LogP contribution in [-0.4, -0.2) is 23.0 Å². The number of aromatic nitrogens is 1. The van der Waals surface area contributed by atoms with E-state index in [0.29, 0.717) is 6.54 Å². The number of benzene rings is 1. The van der Waals surface area contributed by atoms with Gasteiger partial charge in [0.2, 0.25) is 0 Å². The van der Waals surface area contributed by atoms with Gasteiger partial charge in [0.15, 0.2) is 0 Å². The zero-order valence-corrected chi connectivity index (χ0v) is 13.3. The molecule has 0 radical (unpaired) electrons. The first-order valence-electron chi connectivity index (χ1n) is 7.02. The number of rotatable bonds is 4. The van der Waals surface area contributed by atoms with Gasteiger partial charge in [-0.25, -0.2) is 9.78 Å². The van der Waals surface area contributed by atoms with Gasteiger partial charge < -0.3 is 14.6 Å². The summed E-state index contributed by atoms with van der Waals surface area (Å²) >= 11 is 1.53. The number of thiazole rings is 1. The largest absolute Gasteiger partial charge is 0.459 e. The Kier molecular flexibility index (Phi) is 4.11. The maximum atomic E-state index is 12.2. The second kappa shape index (κ2) is 6.19. The third-order valence-corrected chi connectivity index (χ3v) is 4.34. The summed E-state index contributed by atoms with van der Waals surface area (Å²) in [5, 5.41) is 6.77. The number of para-hydroxylation sites is 1. The average molecular weight is 315 g/mol. The topological polar surface area (TPSA) is 58.4 Å². The predicted molar refractivity (Wildman–Crippen MR) is 86.7 cm³/mol. The molecule has 114 valence electrons. The Bertz CT molecular complexity index is 734. The number of fused-ring (bicyclic) bond motifs is 1. The van der Waals surface area contributed by atoms with Gasteiger partial charge in [-0.15, -0.1) is 11.3 Å². The van der Waals surface area contributed by atoms with Gasteiger partial charge >= 0.3 is 6.03 Å². The molecule has 0 aliphatic heterocycles. The lowest BCUT2D eigenvalue weighted by Gasteiger charge is -2.19. The Morgan fingerprint density at radius 2 is 2.27 bits per heavy atom. The zero-order valence-electron chi connectivity index (χ0n) is 12.4. The minimum Gasteiger partial charge on any atom is -0.459 e. The number of carbonyl (C=O) groups excluding carboxylic acids is 1. The van der Waals surface area contributed by atoms with Crippen LogP contribution in [0.5, 0.6) is 0 Å². The minimum atomic E-state index is -0.150. The Labute approximate surface area is 132 Å². The van der Waals surface area contributed by atoms with Crippen LogP contribution >= 0.6 is 11.3 Å². The molecule has 22 heavy (non-hydrogen) atoms. The van der Waals surface area contributed by atoms with Crippen molar-refractivity contribution >= 4 is 28.3 Å². The molecule has 0 bridgehead atoms. The molecule has 3 rings (SSSR count). The van der Waals surface area contributed by atoms with Crippen LogP contribution in [0.3, 0.4) is 0 Å². The highest BCUT2D eigenvalue weighted by atomic mass is 32.1. The molecule has 0 aliphatic carbocycles. The van der Waals surface area contributed by atoms with E-state index in [1.807, 2.05) is 42.6 Å². The first-order valence-corrected chi connectivity index (χ1v) is 7.90. The fourth-order valence-corrected chi connectivity index (χ4v) is 2.87. The summed E-state index contributed by atoms with van der Waals surface area (Å²) in [7, 11) is 1.75. The van der Waals surface area contributed by atoms with Crippen molar-refractivity contribution in [3.05, 3.63) is 52.7 Å². The molecule has 3 aromatic rings. The highest BCUT2D eigenvalue weighted by Crippen LogP contribution is 2.20. The highest BCUT2D eigenvalue weighted by molar-refractivity contribution is 7.09. The number of nitrogens with zero attached hydrogens (tertiary/aromatic N) is 2. The van der Waals surface area contributed by atoms with Crippen LogP contribution in [0.1, 0.15) is 23.7 Å². The third kappa shape index (κ3) is 3.12. The molecule has 2 amide bonds. The maximum absolute atomic E-state index is 12.2. The summed E-state index contributed by atoms with van der Waals surface area (Å²) in [5.74, 6) is 0.765. The van der Waals surface area contributed by atoms with Gasteiger partial charge in [0, 0.05) is 24.0 Å². The van der Waals surface area contributed by atoms with Crippen LogP contribution in [0, 0.1) is 0 Å². The second-order valence-electron chi connectivity index (χ2n) is 5.15. The van der Waals surface area contributed by atoms with Crippen molar-refractivity contribution < 1.29 is 9.21 Å². The fraction of sp³-hybridized carbons (Fsp3) is 0.250. The van der Waals surface area contributed by atoms with Crippen LogP contribution in [0.4, 0.5) is 4.79 Å². The molecular formula is C16H17N3O2S. The summed E-state index contributed by atoms with van der Waals surface area (Å²) in [4.78, 5) is 18.0. The highest BCUT2D eigenvalue weighted by Gasteiger charge is 2.16. The van der Waals surface area contributed by atoms with Gasteiger partial charge in [0.1, 0.15) is 16.4 Å². The standard InChI is InChI=1S/C16H17N3O2S/c1-11(15-17-7-8-22-15)18-16(20)19(2)10-13-9-12-5-3-4-6-14(12)21-13/h3-9,11H,10H2,1-2H3,(H,18,20)/t11-/m1/s1. The maximum Gasteiger partial charge on any atom is 0.318 e. The molecule has 1 aromatic carbocycles. The van der Waals surface area contributed by atoms with Crippen molar-refractivity contribution in [3.63, 3.8) is 0 Å². The van der Waals surface area contributed by atoms with E-state index in [0.717, 1.165) is 21.7 Å². The molecule has 0 saturated heterocycles. The quantitative estimate of drug-likeness (QED) is 0.797. The van der Waals surface area contributed by atoms with E-state index in [4.69, 9.17) is 4.42 Å². The monoisotopic (exact) mass is 315 g/mol. The Morgan fingerprint density at radius 3 is 3.00 bits per heavy atom. The molecule has 0 saturated carbocycles. The summed E-state index contributed by atoms with van der Waals surface area (Å²) in [6.07, 6.45) is 1.74. The summed E-state index contributed by atoms with van der Waals surface area (Å²) in [5.41, 5.74) is 0.836. The van der Waals surface area contributed by atoms with E-state index in [1.165, 1.54) is 11.3 Å². The SMILES string of the molecule is C[C@@H](NC(=O)N(C)Cc1cc2ccccc2o1)c1nccs1. The molecule has 0 fully saturated rings. The number of urea groups is 1. The molecular weight excluding hydrogens is 298 g/mol. The van der Waals surface area contributed by atoms with E-state index >= 15 is 0 Å². The molecule has 1 atom stereocenters. The summed E-state index contributed by atoms with van der Waals surface area (Å²) in [6, 6.07) is 9.52. The molecule has 2 aromatic heterocycles. The van der Waals surface area contributed by atoms with Crippen LogP contribution in [0.25, 0.3) is 11.0 Å². The van der Waals surface area contributed by atoms with Gasteiger partial charge in [0.05, 0.1) is 12.6 Å². The molecule has 0 aliphatic rings.